The number of nitrogens with zero attached hydrogens (tertiary/aromatic N) is 5. The maximum absolute atomic E-state index is 12.6. The monoisotopic (exact) mass is 443 g/mol. The highest BCUT2D eigenvalue weighted by atomic mass is 32.2. The van der Waals surface area contributed by atoms with Crippen molar-refractivity contribution in [2.24, 2.45) is 5.73 Å². The molecule has 0 aliphatic rings. The van der Waals surface area contributed by atoms with Crippen LogP contribution in [0.2, 0.25) is 0 Å². The molecule has 0 aliphatic carbocycles. The van der Waals surface area contributed by atoms with E-state index in [1.54, 1.807) is 29.7 Å². The first-order valence-electron chi connectivity index (χ1n) is 8.97. The third-order valence-electron chi connectivity index (χ3n) is 4.19. The van der Waals surface area contributed by atoms with Crippen molar-refractivity contribution in [1.82, 2.24) is 29.5 Å². The summed E-state index contributed by atoms with van der Waals surface area (Å²) in [6.45, 7) is 1.34. The fraction of sp³-hybridized carbons (Fsp3) is 0.167. The zero-order valence-electron chi connectivity index (χ0n) is 16.2. The van der Waals surface area contributed by atoms with Gasteiger partial charge in [0.05, 0.1) is 11.4 Å². The van der Waals surface area contributed by atoms with E-state index < -0.39 is 15.9 Å². The Bertz CT molecular complexity index is 1350. The van der Waals surface area contributed by atoms with Crippen molar-refractivity contribution in [2.45, 2.75) is 18.4 Å². The molecule has 0 saturated carbocycles. The molecular formula is C18H17N7O5S. The van der Waals surface area contributed by atoms with Crippen molar-refractivity contribution in [1.29, 1.82) is 0 Å². The summed E-state index contributed by atoms with van der Waals surface area (Å²) >= 11 is 0. The third-order valence-corrected chi connectivity index (χ3v) is 5.61. The molecule has 3 heterocycles. The van der Waals surface area contributed by atoms with Gasteiger partial charge in [-0.2, -0.15) is 4.98 Å². The van der Waals surface area contributed by atoms with Crippen molar-refractivity contribution in [3.05, 3.63) is 54.2 Å². The van der Waals surface area contributed by atoms with Crippen molar-refractivity contribution < 1.29 is 22.5 Å². The summed E-state index contributed by atoms with van der Waals surface area (Å²) in [7, 11) is -3.81. The highest BCUT2D eigenvalue weighted by molar-refractivity contribution is 7.89. The minimum absolute atomic E-state index is 0.0294. The number of carbonyl (C=O) groups is 1. The van der Waals surface area contributed by atoms with Crippen LogP contribution in [0.5, 0.6) is 5.75 Å². The van der Waals surface area contributed by atoms with Crippen LogP contribution in [0.4, 0.5) is 0 Å². The lowest BCUT2D eigenvalue weighted by molar-refractivity contribution is -0.119. The zero-order chi connectivity index (χ0) is 22.0. The topological polar surface area (TPSA) is 168 Å². The average molecular weight is 443 g/mol. The van der Waals surface area contributed by atoms with E-state index in [0.717, 1.165) is 0 Å². The number of aromatic nitrogens is 5. The number of aryl methyl sites for hydroxylation is 1. The van der Waals surface area contributed by atoms with Gasteiger partial charge in [0.1, 0.15) is 5.75 Å². The predicted molar refractivity (Wildman–Crippen MR) is 106 cm³/mol. The van der Waals surface area contributed by atoms with Crippen LogP contribution >= 0.6 is 0 Å². The van der Waals surface area contributed by atoms with Gasteiger partial charge in [0.25, 0.3) is 11.8 Å². The number of carbonyl (C=O) groups excluding carboxylic acids is 1. The highest BCUT2D eigenvalue weighted by Crippen LogP contribution is 2.19. The van der Waals surface area contributed by atoms with Crippen LogP contribution in [-0.4, -0.2) is 45.7 Å². The van der Waals surface area contributed by atoms with Gasteiger partial charge in [-0.05, 0) is 43.3 Å². The fourth-order valence-electron chi connectivity index (χ4n) is 2.72. The number of fused-ring (bicyclic) bond motifs is 1. The van der Waals surface area contributed by atoms with Gasteiger partial charge in [-0.25, -0.2) is 13.1 Å². The lowest BCUT2D eigenvalue weighted by Gasteiger charge is -2.08. The van der Waals surface area contributed by atoms with Gasteiger partial charge in [-0.15, -0.1) is 10.2 Å². The molecule has 13 heteroatoms. The summed E-state index contributed by atoms with van der Waals surface area (Å²) in [4.78, 5) is 14.9. The third kappa shape index (κ3) is 4.51. The maximum atomic E-state index is 12.6. The molecule has 0 fully saturated rings. The Morgan fingerprint density at radius 2 is 2.00 bits per heavy atom. The van der Waals surface area contributed by atoms with Crippen LogP contribution in [0.25, 0.3) is 17.1 Å². The first-order valence-corrected chi connectivity index (χ1v) is 10.5. The molecule has 0 bridgehead atoms. The lowest BCUT2D eigenvalue weighted by atomic mass is 10.2. The highest BCUT2D eigenvalue weighted by Gasteiger charge is 2.17. The summed E-state index contributed by atoms with van der Waals surface area (Å²) in [6, 6.07) is 9.04. The molecule has 3 aromatic heterocycles. The van der Waals surface area contributed by atoms with Crippen LogP contribution in [0, 0.1) is 6.92 Å². The Balaban J connectivity index is 1.47. The Morgan fingerprint density at radius 3 is 2.68 bits per heavy atom. The Kier molecular flexibility index (Phi) is 5.35. The lowest BCUT2D eigenvalue weighted by Crippen LogP contribution is -2.24. The summed E-state index contributed by atoms with van der Waals surface area (Å²) < 4.78 is 39.5. The molecule has 3 N–H and O–H groups in total. The van der Waals surface area contributed by atoms with E-state index in [9.17, 15) is 13.2 Å². The number of nitrogens with two attached hydrogens (primary N) is 1. The molecule has 160 valence electrons. The quantitative estimate of drug-likeness (QED) is 0.392. The molecule has 0 spiro atoms. The smallest absolute Gasteiger partial charge is 0.258 e. The van der Waals surface area contributed by atoms with E-state index in [2.05, 4.69) is 25.1 Å². The number of hydrogen-bond acceptors (Lipinski definition) is 9. The number of nitrogens with one attached hydrogen (secondary N) is 1. The molecule has 4 rings (SSSR count). The van der Waals surface area contributed by atoms with Crippen LogP contribution in [0.15, 0.2) is 52.0 Å². The Hall–Kier alpha value is -3.84. The fourth-order valence-corrected chi connectivity index (χ4v) is 3.70. The molecule has 0 atom stereocenters. The summed E-state index contributed by atoms with van der Waals surface area (Å²) in [5.74, 6) is 0.965. The van der Waals surface area contributed by atoms with Gasteiger partial charge in [0.2, 0.25) is 10.0 Å². The molecule has 31 heavy (non-hydrogen) atoms. The molecule has 0 radical (unpaired) electrons. The Labute approximate surface area is 176 Å². The van der Waals surface area contributed by atoms with E-state index in [0.29, 0.717) is 34.5 Å². The van der Waals surface area contributed by atoms with Crippen molar-refractivity contribution in [3.63, 3.8) is 0 Å². The van der Waals surface area contributed by atoms with Gasteiger partial charge >= 0.3 is 0 Å². The molecular weight excluding hydrogens is 426 g/mol. The van der Waals surface area contributed by atoms with Gasteiger partial charge < -0.3 is 15.0 Å². The predicted octanol–water partition coefficient (Wildman–Crippen LogP) is 0.430. The van der Waals surface area contributed by atoms with Gasteiger partial charge in [-0.3, -0.25) is 9.20 Å². The molecule has 12 nitrogen and oxygen atoms in total. The first kappa shape index (κ1) is 20.4. The zero-order valence-corrected chi connectivity index (χ0v) is 17.0. The summed E-state index contributed by atoms with van der Waals surface area (Å²) in [5, 5.41) is 11.9. The number of benzene rings is 1. The number of ether oxygens (including phenoxy) is 1. The van der Waals surface area contributed by atoms with Crippen molar-refractivity contribution in [3.8, 4) is 17.2 Å². The number of rotatable bonds is 8. The Morgan fingerprint density at radius 1 is 1.23 bits per heavy atom. The number of pyridine rings is 1. The largest absolute Gasteiger partial charge is 0.484 e. The summed E-state index contributed by atoms with van der Waals surface area (Å²) in [6.07, 6.45) is 1.69. The van der Waals surface area contributed by atoms with Crippen LogP contribution in [0.1, 0.15) is 11.6 Å². The SMILES string of the molecule is Cc1noc(-c2ccn3c(CNS(=O)(=O)c4ccc(OCC(N)=O)cc4)nnc3c2)n1. The van der Waals surface area contributed by atoms with Crippen molar-refractivity contribution >= 4 is 21.6 Å². The molecule has 4 aromatic rings. The summed E-state index contributed by atoms with van der Waals surface area (Å²) in [5.41, 5.74) is 6.18. The number of sulfonamides is 1. The van der Waals surface area contributed by atoms with E-state index in [4.69, 9.17) is 15.0 Å². The van der Waals surface area contributed by atoms with Gasteiger partial charge in [0, 0.05) is 11.8 Å². The van der Waals surface area contributed by atoms with Crippen LogP contribution in [-0.2, 0) is 21.4 Å². The van der Waals surface area contributed by atoms with Crippen LogP contribution < -0.4 is 15.2 Å². The standard InChI is InChI=1S/C18H17N7O5S/c1-11-21-18(30-24-11)12-6-7-25-16(8-12)22-23-17(25)9-20-31(27,28)14-4-2-13(3-5-14)29-10-15(19)26/h2-8,20H,9-10H2,1H3,(H2,19,26). The second-order valence-electron chi connectivity index (χ2n) is 6.46. The first-order chi connectivity index (χ1) is 14.8. The molecule has 1 amide bonds. The van der Waals surface area contributed by atoms with E-state index in [1.165, 1.54) is 24.3 Å². The van der Waals surface area contributed by atoms with Crippen LogP contribution in [0.3, 0.4) is 0 Å². The minimum Gasteiger partial charge on any atom is -0.484 e. The van der Waals surface area contributed by atoms with Gasteiger partial charge in [-0.1, -0.05) is 5.16 Å². The molecule has 1 aromatic carbocycles. The number of amides is 1. The average Bonchev–Trinajstić information content (AvgIpc) is 3.36. The maximum Gasteiger partial charge on any atom is 0.258 e. The second-order valence-corrected chi connectivity index (χ2v) is 8.22. The van der Waals surface area contributed by atoms with Crippen molar-refractivity contribution in [2.75, 3.05) is 6.61 Å². The van der Waals surface area contributed by atoms with E-state index in [1.807, 2.05) is 0 Å². The number of primary amides is 1. The molecule has 0 saturated heterocycles. The molecule has 0 aliphatic heterocycles. The second kappa shape index (κ2) is 8.12. The van der Waals surface area contributed by atoms with E-state index in [-0.39, 0.29) is 18.0 Å². The minimum atomic E-state index is -3.81. The van der Waals surface area contributed by atoms with Gasteiger partial charge in [0.15, 0.2) is 23.9 Å². The number of hydrogen-bond donors (Lipinski definition) is 2. The molecule has 0 unspecified atom stereocenters. The van der Waals surface area contributed by atoms with E-state index >= 15 is 0 Å². The normalized spacial score (nSPS) is 11.6.